The molecule has 78 valence electrons. The molecule has 0 saturated heterocycles. The molecule has 0 saturated carbocycles. The van der Waals surface area contributed by atoms with Gasteiger partial charge in [-0.05, 0) is 24.3 Å². The molecule has 0 unspecified atom stereocenters. The number of pyridine rings is 2. The molecule has 3 nitrogen and oxygen atoms in total. The lowest BCUT2D eigenvalue weighted by atomic mass is 10.2. The maximum absolute atomic E-state index is 5.91. The van der Waals surface area contributed by atoms with E-state index >= 15 is 0 Å². The highest BCUT2D eigenvalue weighted by Crippen LogP contribution is 2.19. The summed E-state index contributed by atoms with van der Waals surface area (Å²) in [5, 5.41) is 0.697. The molecule has 16 heavy (non-hydrogen) atoms. The van der Waals surface area contributed by atoms with E-state index in [1.54, 1.807) is 12.4 Å². The van der Waals surface area contributed by atoms with Crippen molar-refractivity contribution in [3.63, 3.8) is 0 Å². The maximum atomic E-state index is 5.91. The molecule has 0 aromatic carbocycles. The van der Waals surface area contributed by atoms with Crippen LogP contribution in [0.5, 0.6) is 0 Å². The van der Waals surface area contributed by atoms with E-state index in [0.29, 0.717) is 5.02 Å². The zero-order valence-electron chi connectivity index (χ0n) is 8.34. The monoisotopic (exact) mass is 229 g/mol. The first-order chi connectivity index (χ1) is 7.83. The number of nitrogens with zero attached hydrogens (tertiary/aromatic N) is 3. The molecule has 3 aromatic heterocycles. The molecule has 0 N–H and O–H groups in total. The average molecular weight is 230 g/mol. The molecule has 0 aliphatic heterocycles. The van der Waals surface area contributed by atoms with Crippen molar-refractivity contribution >= 4 is 17.2 Å². The summed E-state index contributed by atoms with van der Waals surface area (Å²) in [7, 11) is 0. The molecule has 3 aromatic rings. The SMILES string of the molecule is Clc1ccc2nc(-c3cccnc3)cn2c1. The number of halogens is 1. The van der Waals surface area contributed by atoms with Crippen molar-refractivity contribution in [2.24, 2.45) is 0 Å². The molecule has 0 atom stereocenters. The first kappa shape index (κ1) is 9.36. The first-order valence-electron chi connectivity index (χ1n) is 4.87. The molecular formula is C12H8ClN3. The molecule has 0 amide bonds. The largest absolute Gasteiger partial charge is 0.305 e. The summed E-state index contributed by atoms with van der Waals surface area (Å²) in [6.07, 6.45) is 7.32. The van der Waals surface area contributed by atoms with Crippen LogP contribution in [0.3, 0.4) is 0 Å². The van der Waals surface area contributed by atoms with Crippen molar-refractivity contribution in [3.8, 4) is 11.3 Å². The van der Waals surface area contributed by atoms with Gasteiger partial charge in [0.15, 0.2) is 0 Å². The smallest absolute Gasteiger partial charge is 0.137 e. The second-order valence-corrected chi connectivity index (χ2v) is 3.92. The molecule has 0 radical (unpaired) electrons. The van der Waals surface area contributed by atoms with Gasteiger partial charge in [0.25, 0.3) is 0 Å². The maximum Gasteiger partial charge on any atom is 0.137 e. The summed E-state index contributed by atoms with van der Waals surface area (Å²) < 4.78 is 1.91. The first-order valence-corrected chi connectivity index (χ1v) is 5.25. The molecule has 4 heteroatoms. The van der Waals surface area contributed by atoms with Crippen molar-refractivity contribution in [1.82, 2.24) is 14.4 Å². The van der Waals surface area contributed by atoms with Crippen molar-refractivity contribution in [3.05, 3.63) is 54.1 Å². The Kier molecular flexibility index (Phi) is 2.11. The van der Waals surface area contributed by atoms with Crippen LogP contribution < -0.4 is 0 Å². The Morgan fingerprint density at radius 1 is 1.12 bits per heavy atom. The lowest BCUT2D eigenvalue weighted by molar-refractivity contribution is 1.19. The van der Waals surface area contributed by atoms with E-state index in [4.69, 9.17) is 11.6 Å². The Bertz CT molecular complexity index is 631. The minimum atomic E-state index is 0.697. The van der Waals surface area contributed by atoms with Crippen molar-refractivity contribution < 1.29 is 0 Å². The number of fused-ring (bicyclic) bond motifs is 1. The van der Waals surface area contributed by atoms with Gasteiger partial charge in [0.1, 0.15) is 5.65 Å². The minimum absolute atomic E-state index is 0.697. The summed E-state index contributed by atoms with van der Waals surface area (Å²) in [6.45, 7) is 0. The van der Waals surface area contributed by atoms with Crippen molar-refractivity contribution in [2.75, 3.05) is 0 Å². The second-order valence-electron chi connectivity index (χ2n) is 3.48. The molecule has 0 bridgehead atoms. The van der Waals surface area contributed by atoms with E-state index in [9.17, 15) is 0 Å². The van der Waals surface area contributed by atoms with Gasteiger partial charge in [-0.15, -0.1) is 0 Å². The van der Waals surface area contributed by atoms with Crippen LogP contribution in [0.4, 0.5) is 0 Å². The molecule has 0 aliphatic carbocycles. The number of aromatic nitrogens is 3. The third kappa shape index (κ3) is 1.55. The van der Waals surface area contributed by atoms with E-state index in [2.05, 4.69) is 9.97 Å². The number of hydrogen-bond donors (Lipinski definition) is 0. The van der Waals surface area contributed by atoms with Crippen LogP contribution in [-0.4, -0.2) is 14.4 Å². The highest BCUT2D eigenvalue weighted by atomic mass is 35.5. The highest BCUT2D eigenvalue weighted by Gasteiger charge is 2.03. The van der Waals surface area contributed by atoms with E-state index in [1.165, 1.54) is 0 Å². The van der Waals surface area contributed by atoms with Crippen LogP contribution in [0.2, 0.25) is 5.02 Å². The fraction of sp³-hybridized carbons (Fsp3) is 0. The minimum Gasteiger partial charge on any atom is -0.305 e. The zero-order valence-corrected chi connectivity index (χ0v) is 9.09. The second kappa shape index (κ2) is 3.61. The molecule has 0 spiro atoms. The number of imidazole rings is 1. The Morgan fingerprint density at radius 3 is 2.88 bits per heavy atom. The number of hydrogen-bond acceptors (Lipinski definition) is 2. The van der Waals surface area contributed by atoms with Gasteiger partial charge in [-0.3, -0.25) is 4.98 Å². The van der Waals surface area contributed by atoms with Crippen molar-refractivity contribution in [2.45, 2.75) is 0 Å². The molecular weight excluding hydrogens is 222 g/mol. The van der Waals surface area contributed by atoms with Crippen LogP contribution in [-0.2, 0) is 0 Å². The summed E-state index contributed by atoms with van der Waals surface area (Å²) in [5.74, 6) is 0. The van der Waals surface area contributed by atoms with Crippen LogP contribution >= 0.6 is 11.6 Å². The third-order valence-electron chi connectivity index (χ3n) is 2.37. The summed E-state index contributed by atoms with van der Waals surface area (Å²) in [6, 6.07) is 7.60. The number of rotatable bonds is 1. The van der Waals surface area contributed by atoms with Crippen molar-refractivity contribution in [1.29, 1.82) is 0 Å². The summed E-state index contributed by atoms with van der Waals surface area (Å²) >= 11 is 5.91. The quantitative estimate of drug-likeness (QED) is 0.642. The van der Waals surface area contributed by atoms with Gasteiger partial charge >= 0.3 is 0 Å². The third-order valence-corrected chi connectivity index (χ3v) is 2.60. The van der Waals surface area contributed by atoms with Crippen LogP contribution in [0.1, 0.15) is 0 Å². The highest BCUT2D eigenvalue weighted by molar-refractivity contribution is 6.30. The van der Waals surface area contributed by atoms with Crippen LogP contribution in [0, 0.1) is 0 Å². The van der Waals surface area contributed by atoms with E-state index in [1.807, 2.05) is 41.1 Å². The molecule has 3 rings (SSSR count). The Labute approximate surface area is 97.3 Å². The van der Waals surface area contributed by atoms with Gasteiger partial charge in [-0.2, -0.15) is 0 Å². The van der Waals surface area contributed by atoms with E-state index in [0.717, 1.165) is 16.9 Å². The predicted octanol–water partition coefficient (Wildman–Crippen LogP) is 3.05. The fourth-order valence-corrected chi connectivity index (χ4v) is 1.79. The van der Waals surface area contributed by atoms with Gasteiger partial charge in [-0.1, -0.05) is 11.6 Å². The predicted molar refractivity (Wildman–Crippen MR) is 63.4 cm³/mol. The van der Waals surface area contributed by atoms with Crippen LogP contribution in [0.25, 0.3) is 16.9 Å². The van der Waals surface area contributed by atoms with E-state index in [-0.39, 0.29) is 0 Å². The summed E-state index contributed by atoms with van der Waals surface area (Å²) in [4.78, 5) is 8.56. The van der Waals surface area contributed by atoms with Gasteiger partial charge < -0.3 is 4.40 Å². The molecule has 3 heterocycles. The van der Waals surface area contributed by atoms with Gasteiger partial charge in [0.05, 0.1) is 10.7 Å². The van der Waals surface area contributed by atoms with E-state index < -0.39 is 0 Å². The lowest BCUT2D eigenvalue weighted by Gasteiger charge is -1.92. The zero-order chi connectivity index (χ0) is 11.0. The topological polar surface area (TPSA) is 30.2 Å². The summed E-state index contributed by atoms with van der Waals surface area (Å²) in [5.41, 5.74) is 2.78. The normalized spacial score (nSPS) is 10.8. The molecule has 0 aliphatic rings. The Morgan fingerprint density at radius 2 is 2.06 bits per heavy atom. The lowest BCUT2D eigenvalue weighted by Crippen LogP contribution is -1.79. The van der Waals surface area contributed by atoms with Gasteiger partial charge in [-0.25, -0.2) is 4.98 Å². The van der Waals surface area contributed by atoms with Gasteiger partial charge in [0, 0.05) is 30.4 Å². The fourth-order valence-electron chi connectivity index (χ4n) is 1.62. The average Bonchev–Trinajstić information content (AvgIpc) is 2.73. The Hall–Kier alpha value is -1.87. The van der Waals surface area contributed by atoms with Crippen LogP contribution in [0.15, 0.2) is 49.1 Å². The standard InChI is InChI=1S/C12H8ClN3/c13-10-3-4-12-15-11(8-16(12)7-10)9-2-1-5-14-6-9/h1-8H. The Balaban J connectivity index is 2.19. The molecule has 0 fully saturated rings. The van der Waals surface area contributed by atoms with Gasteiger partial charge in [0.2, 0.25) is 0 Å².